The van der Waals surface area contributed by atoms with E-state index in [1.165, 1.54) is 6.92 Å². The van der Waals surface area contributed by atoms with Crippen LogP contribution < -0.4 is 10.1 Å². The molecule has 0 bridgehead atoms. The van der Waals surface area contributed by atoms with Crippen molar-refractivity contribution in [1.29, 1.82) is 0 Å². The lowest BCUT2D eigenvalue weighted by molar-refractivity contribution is -0.128. The minimum Gasteiger partial charge on any atom is -0.489 e. The van der Waals surface area contributed by atoms with Gasteiger partial charge in [-0.1, -0.05) is 42.5 Å². The fraction of sp³-hybridized carbons (Fsp3) is 0.200. The van der Waals surface area contributed by atoms with Crippen LogP contribution in [-0.4, -0.2) is 24.5 Å². The first-order valence-electron chi connectivity index (χ1n) is 7.97. The van der Waals surface area contributed by atoms with Crippen LogP contribution in [0.15, 0.2) is 67.3 Å². The highest BCUT2D eigenvalue weighted by molar-refractivity contribution is 5.93. The minimum absolute atomic E-state index is 0.229. The second-order valence-corrected chi connectivity index (χ2v) is 5.34. The van der Waals surface area contributed by atoms with Gasteiger partial charge in [-0.25, -0.2) is 4.79 Å². The molecule has 0 saturated heterocycles. The van der Waals surface area contributed by atoms with Crippen molar-refractivity contribution in [2.75, 3.05) is 6.54 Å². The van der Waals surface area contributed by atoms with Gasteiger partial charge >= 0.3 is 5.97 Å². The number of ether oxygens (including phenoxy) is 2. The van der Waals surface area contributed by atoms with Gasteiger partial charge in [-0.3, -0.25) is 4.79 Å². The lowest BCUT2D eigenvalue weighted by atomic mass is 10.1. The van der Waals surface area contributed by atoms with Gasteiger partial charge in [0.1, 0.15) is 12.4 Å². The van der Waals surface area contributed by atoms with Gasteiger partial charge in [-0.15, -0.1) is 6.58 Å². The Morgan fingerprint density at radius 2 is 1.80 bits per heavy atom. The average Bonchev–Trinajstić information content (AvgIpc) is 2.65. The average molecular weight is 339 g/mol. The van der Waals surface area contributed by atoms with Crippen molar-refractivity contribution in [3.05, 3.63) is 78.4 Å². The van der Waals surface area contributed by atoms with Gasteiger partial charge in [-0.05, 0) is 25.1 Å². The number of rotatable bonds is 8. The summed E-state index contributed by atoms with van der Waals surface area (Å²) in [6.07, 6.45) is 0.665. The van der Waals surface area contributed by atoms with Crippen LogP contribution in [0.2, 0.25) is 0 Å². The van der Waals surface area contributed by atoms with Crippen LogP contribution >= 0.6 is 0 Å². The molecule has 25 heavy (non-hydrogen) atoms. The Labute approximate surface area is 147 Å². The summed E-state index contributed by atoms with van der Waals surface area (Å²) in [6, 6.07) is 16.3. The predicted octanol–water partition coefficient (Wildman–Crippen LogP) is 3.11. The summed E-state index contributed by atoms with van der Waals surface area (Å²) in [6.45, 7) is 5.60. The number of nitrogens with one attached hydrogen (secondary N) is 1. The van der Waals surface area contributed by atoms with Crippen molar-refractivity contribution in [2.45, 2.75) is 19.6 Å². The summed E-state index contributed by atoms with van der Waals surface area (Å²) in [5.74, 6) is -0.220. The Hall–Kier alpha value is -3.08. The maximum atomic E-state index is 12.4. The molecule has 0 saturated carbocycles. The third-order valence-electron chi connectivity index (χ3n) is 3.45. The van der Waals surface area contributed by atoms with Gasteiger partial charge in [0.15, 0.2) is 6.10 Å². The molecule has 0 aliphatic heterocycles. The number of hydrogen-bond donors (Lipinski definition) is 1. The summed E-state index contributed by atoms with van der Waals surface area (Å²) in [4.78, 5) is 24.2. The minimum atomic E-state index is -0.893. The first-order chi connectivity index (χ1) is 12.1. The van der Waals surface area contributed by atoms with Crippen LogP contribution in [0.3, 0.4) is 0 Å². The van der Waals surface area contributed by atoms with E-state index in [1.807, 2.05) is 36.4 Å². The number of benzene rings is 2. The van der Waals surface area contributed by atoms with Crippen LogP contribution in [0.25, 0.3) is 0 Å². The molecule has 130 valence electrons. The molecule has 5 heteroatoms. The van der Waals surface area contributed by atoms with E-state index in [0.717, 1.165) is 0 Å². The fourth-order valence-corrected chi connectivity index (χ4v) is 2.12. The maximum absolute atomic E-state index is 12.4. The molecule has 0 radical (unpaired) electrons. The molecule has 2 aromatic carbocycles. The zero-order valence-electron chi connectivity index (χ0n) is 14.1. The Morgan fingerprint density at radius 3 is 2.52 bits per heavy atom. The molecule has 0 aliphatic carbocycles. The SMILES string of the molecule is C=CCNC(=O)[C@@H](C)OC(=O)c1ccccc1COc1ccccc1. The van der Waals surface area contributed by atoms with Gasteiger partial charge in [0.05, 0.1) is 5.56 Å². The maximum Gasteiger partial charge on any atom is 0.339 e. The molecule has 0 aliphatic rings. The fourth-order valence-electron chi connectivity index (χ4n) is 2.12. The summed E-state index contributed by atoms with van der Waals surface area (Å²) in [7, 11) is 0. The second kappa shape index (κ2) is 9.27. The van der Waals surface area contributed by atoms with Crippen LogP contribution in [0.4, 0.5) is 0 Å². The van der Waals surface area contributed by atoms with Crippen LogP contribution in [-0.2, 0) is 16.1 Å². The first-order valence-corrected chi connectivity index (χ1v) is 7.97. The first kappa shape index (κ1) is 18.3. The largest absolute Gasteiger partial charge is 0.489 e. The van der Waals surface area contributed by atoms with Gasteiger partial charge in [0, 0.05) is 12.1 Å². The number of carbonyl (C=O) groups is 2. The quantitative estimate of drug-likeness (QED) is 0.593. The van der Waals surface area contributed by atoms with Crippen LogP contribution in [0, 0.1) is 0 Å². The predicted molar refractivity (Wildman–Crippen MR) is 95.3 cm³/mol. The molecule has 1 atom stereocenters. The van der Waals surface area contributed by atoms with E-state index in [4.69, 9.17) is 9.47 Å². The topological polar surface area (TPSA) is 64.6 Å². The van der Waals surface area contributed by atoms with E-state index < -0.39 is 12.1 Å². The van der Waals surface area contributed by atoms with Crippen molar-refractivity contribution in [3.8, 4) is 5.75 Å². The molecule has 0 heterocycles. The summed E-state index contributed by atoms with van der Waals surface area (Å²) < 4.78 is 10.9. The molecule has 1 N–H and O–H groups in total. The highest BCUT2D eigenvalue weighted by Gasteiger charge is 2.20. The van der Waals surface area contributed by atoms with Crippen LogP contribution in [0.5, 0.6) is 5.75 Å². The number of carbonyl (C=O) groups excluding carboxylic acids is 2. The Bertz CT molecular complexity index is 727. The highest BCUT2D eigenvalue weighted by Crippen LogP contribution is 2.16. The standard InChI is InChI=1S/C20H21NO4/c1-3-13-21-19(22)15(2)25-20(23)18-12-8-7-9-16(18)14-24-17-10-5-4-6-11-17/h3-12,15H,1,13-14H2,2H3,(H,21,22)/t15-/m1/s1. The van der Waals surface area contributed by atoms with E-state index in [0.29, 0.717) is 23.4 Å². The number of amides is 1. The number of para-hydroxylation sites is 1. The summed E-state index contributed by atoms with van der Waals surface area (Å²) >= 11 is 0. The molecule has 1 amide bonds. The van der Waals surface area contributed by atoms with E-state index >= 15 is 0 Å². The van der Waals surface area contributed by atoms with Crippen molar-refractivity contribution in [1.82, 2.24) is 5.32 Å². The van der Waals surface area contributed by atoms with Gasteiger partial charge in [0.25, 0.3) is 5.91 Å². The molecule has 0 unspecified atom stereocenters. The molecule has 0 spiro atoms. The highest BCUT2D eigenvalue weighted by atomic mass is 16.5. The second-order valence-electron chi connectivity index (χ2n) is 5.34. The molecular formula is C20H21NO4. The van der Waals surface area contributed by atoms with E-state index in [1.54, 1.807) is 24.3 Å². The Balaban J connectivity index is 2.02. The Morgan fingerprint density at radius 1 is 1.12 bits per heavy atom. The number of hydrogen-bond acceptors (Lipinski definition) is 4. The smallest absolute Gasteiger partial charge is 0.339 e. The monoisotopic (exact) mass is 339 g/mol. The van der Waals surface area contributed by atoms with Crippen molar-refractivity contribution < 1.29 is 19.1 Å². The molecule has 0 aromatic heterocycles. The number of esters is 1. The van der Waals surface area contributed by atoms with Gasteiger partial charge in [-0.2, -0.15) is 0 Å². The lowest BCUT2D eigenvalue weighted by Crippen LogP contribution is -2.36. The van der Waals surface area contributed by atoms with Crippen molar-refractivity contribution in [3.63, 3.8) is 0 Å². The van der Waals surface area contributed by atoms with Crippen LogP contribution in [0.1, 0.15) is 22.8 Å². The van der Waals surface area contributed by atoms with Crippen molar-refractivity contribution in [2.24, 2.45) is 0 Å². The zero-order chi connectivity index (χ0) is 18.1. The normalized spacial score (nSPS) is 11.2. The molecule has 5 nitrogen and oxygen atoms in total. The lowest BCUT2D eigenvalue weighted by Gasteiger charge is -2.15. The Kier molecular flexibility index (Phi) is 6.77. The third-order valence-corrected chi connectivity index (χ3v) is 3.45. The molecule has 2 rings (SSSR count). The summed E-state index contributed by atoms with van der Waals surface area (Å²) in [5, 5.41) is 2.59. The molecular weight excluding hydrogens is 318 g/mol. The van der Waals surface area contributed by atoms with E-state index in [2.05, 4.69) is 11.9 Å². The summed E-state index contributed by atoms with van der Waals surface area (Å²) in [5.41, 5.74) is 1.07. The van der Waals surface area contributed by atoms with Crippen molar-refractivity contribution >= 4 is 11.9 Å². The van der Waals surface area contributed by atoms with Gasteiger partial charge in [0.2, 0.25) is 0 Å². The van der Waals surface area contributed by atoms with E-state index in [-0.39, 0.29) is 12.5 Å². The van der Waals surface area contributed by atoms with E-state index in [9.17, 15) is 9.59 Å². The molecule has 2 aromatic rings. The van der Waals surface area contributed by atoms with Gasteiger partial charge < -0.3 is 14.8 Å². The third kappa shape index (κ3) is 5.49. The molecule has 0 fully saturated rings. The zero-order valence-corrected chi connectivity index (χ0v) is 14.1.